The van der Waals surface area contributed by atoms with Crippen molar-refractivity contribution in [2.75, 3.05) is 9.80 Å². The van der Waals surface area contributed by atoms with Crippen LogP contribution in [0.1, 0.15) is 91.7 Å². The fourth-order valence-corrected chi connectivity index (χ4v) is 11.0. The van der Waals surface area contributed by atoms with Crippen molar-refractivity contribution in [3.63, 3.8) is 0 Å². The van der Waals surface area contributed by atoms with E-state index in [1.807, 2.05) is 24.3 Å². The van der Waals surface area contributed by atoms with Crippen LogP contribution in [-0.2, 0) is 77.2 Å². The number of ether oxygens (including phenoxy) is 4. The van der Waals surface area contributed by atoms with Crippen LogP contribution in [-0.4, -0.2) is 0 Å². The molecule has 1 aliphatic carbocycles. The Morgan fingerprint density at radius 1 is 0.271 bits per heavy atom. The maximum atomic E-state index is 6.21. The highest BCUT2D eigenvalue weighted by Gasteiger charge is 2.37. The van der Waals surface area contributed by atoms with Crippen molar-refractivity contribution in [2.45, 2.75) is 72.1 Å². The Hall–Kier alpha value is -9.40. The second kappa shape index (κ2) is 26.9. The monoisotopic (exact) mass is 1110 g/mol. The predicted molar refractivity (Wildman–Crippen MR) is 353 cm³/mol. The first-order valence-electron chi connectivity index (χ1n) is 29.1. The normalized spacial score (nSPS) is 12.0. The van der Waals surface area contributed by atoms with Crippen LogP contribution in [0.2, 0.25) is 0 Å². The molecule has 0 fully saturated rings. The largest absolute Gasteiger partial charge is 0.372 e. The summed E-state index contributed by atoms with van der Waals surface area (Å²) in [7, 11) is 0. The molecule has 0 saturated carbocycles. The maximum absolute atomic E-state index is 6.21. The van der Waals surface area contributed by atoms with Gasteiger partial charge in [-0.05, 0) is 162 Å². The summed E-state index contributed by atoms with van der Waals surface area (Å²) in [5.41, 5.74) is 24.3. The quantitative estimate of drug-likeness (QED) is 0.0538. The number of nitrogens with zero attached hydrogens (tertiary/aromatic N) is 2. The van der Waals surface area contributed by atoms with Crippen molar-refractivity contribution in [1.82, 2.24) is 0 Å². The summed E-state index contributed by atoms with van der Waals surface area (Å²) < 4.78 is 24.8. The molecule has 0 saturated heterocycles. The molecule has 0 aromatic heterocycles. The molecule has 0 radical (unpaired) electrons. The van der Waals surface area contributed by atoms with E-state index in [9.17, 15) is 0 Å². The Balaban J connectivity index is 0.863. The maximum Gasteiger partial charge on any atom is 0.0721 e. The van der Waals surface area contributed by atoms with Crippen molar-refractivity contribution < 1.29 is 18.9 Å². The molecule has 0 spiro atoms. The van der Waals surface area contributed by atoms with E-state index in [-0.39, 0.29) is 5.41 Å². The van der Waals surface area contributed by atoms with Crippen molar-refractivity contribution in [3.8, 4) is 11.1 Å². The molecule has 85 heavy (non-hydrogen) atoms. The van der Waals surface area contributed by atoms with Crippen LogP contribution in [0.4, 0.5) is 34.1 Å². The minimum Gasteiger partial charge on any atom is -0.372 e. The van der Waals surface area contributed by atoms with Gasteiger partial charge >= 0.3 is 0 Å². The van der Waals surface area contributed by atoms with E-state index in [0.29, 0.717) is 52.9 Å². The number of hydrogen-bond acceptors (Lipinski definition) is 6. The number of anilines is 6. The van der Waals surface area contributed by atoms with E-state index < -0.39 is 0 Å². The van der Waals surface area contributed by atoms with Crippen LogP contribution in [0.5, 0.6) is 0 Å². The SMILES string of the molecule is C=Cc1ccc(COCc2ccc(N(c3ccc(COCc4ccc(C=C)cc4)cc3)c3ccc4c(c3)C(C)(C)c3cc(N(c5ccc(COCc6ccc(C=C)cc6)cc5)c5ccc(COCc6ccc(C=C)cc6)cc5)ccc3-4)cc2)cc1. The van der Waals surface area contributed by atoms with E-state index in [4.69, 9.17) is 18.9 Å². The van der Waals surface area contributed by atoms with Gasteiger partial charge < -0.3 is 28.7 Å². The lowest BCUT2D eigenvalue weighted by Crippen LogP contribution is -2.17. The Labute approximate surface area is 502 Å². The van der Waals surface area contributed by atoms with Gasteiger partial charge in [0.05, 0.1) is 52.9 Å². The van der Waals surface area contributed by atoms with Gasteiger partial charge in [0.1, 0.15) is 0 Å². The highest BCUT2D eigenvalue weighted by atomic mass is 16.5. The minimum atomic E-state index is -0.338. The molecule has 0 atom stereocenters. The summed E-state index contributed by atoms with van der Waals surface area (Å²) in [4.78, 5) is 4.71. The van der Waals surface area contributed by atoms with E-state index in [0.717, 1.165) is 101 Å². The first-order chi connectivity index (χ1) is 41.6. The molecule has 10 aromatic rings. The first kappa shape index (κ1) is 57.4. The number of hydrogen-bond donors (Lipinski definition) is 0. The second-order valence-corrected chi connectivity index (χ2v) is 22.2. The van der Waals surface area contributed by atoms with Gasteiger partial charge in [-0.2, -0.15) is 0 Å². The zero-order valence-electron chi connectivity index (χ0n) is 48.8. The number of fused-ring (bicyclic) bond motifs is 3. The molecule has 0 N–H and O–H groups in total. The van der Waals surface area contributed by atoms with Gasteiger partial charge in [-0.3, -0.25) is 0 Å². The summed E-state index contributed by atoms with van der Waals surface area (Å²) in [6.45, 7) is 24.4. The minimum absolute atomic E-state index is 0.338. The lowest BCUT2D eigenvalue weighted by Gasteiger charge is -2.29. The average molecular weight is 1110 g/mol. The summed E-state index contributed by atoms with van der Waals surface area (Å²) in [5, 5.41) is 0. The Morgan fingerprint density at radius 3 is 0.659 bits per heavy atom. The van der Waals surface area contributed by atoms with Gasteiger partial charge in [0.15, 0.2) is 0 Å². The molecule has 6 heteroatoms. The molecule has 0 bridgehead atoms. The molecule has 422 valence electrons. The Morgan fingerprint density at radius 2 is 0.459 bits per heavy atom. The molecular weight excluding hydrogens is 1040 g/mol. The molecule has 0 heterocycles. The van der Waals surface area contributed by atoms with Gasteiger partial charge in [-0.15, -0.1) is 0 Å². The van der Waals surface area contributed by atoms with Crippen LogP contribution in [0.3, 0.4) is 0 Å². The fourth-order valence-electron chi connectivity index (χ4n) is 11.0. The first-order valence-corrected chi connectivity index (χ1v) is 29.1. The molecule has 0 unspecified atom stereocenters. The van der Waals surface area contributed by atoms with Crippen molar-refractivity contribution in [2.24, 2.45) is 0 Å². The topological polar surface area (TPSA) is 43.4 Å². The fraction of sp³-hybridized carbons (Fsp3) is 0.139. The molecular formula is C79H72N2O4. The number of benzene rings is 10. The van der Waals surface area contributed by atoms with Crippen LogP contribution in [0, 0.1) is 0 Å². The Bertz CT molecular complexity index is 3420. The standard InChI is InChI=1S/C79H72N2O4/c1-7-57-11-19-61(20-12-57)49-82-53-65-27-35-69(36-28-65)80(70-37-29-66(30-38-70)54-83-50-62-21-13-58(8-2)14-22-62)73-43-45-75-76-46-44-74(48-78(76)79(5,6)77(75)47-73)81(71-39-31-67(32-40-71)55-84-51-63-23-15-59(9-3)16-24-63)72-41-33-68(34-42-72)56-85-52-64-25-17-60(10-4)18-26-64/h7-48H,1-4,49-56H2,5-6H3. The lowest BCUT2D eigenvalue weighted by atomic mass is 9.82. The van der Waals surface area contributed by atoms with Gasteiger partial charge in [0.2, 0.25) is 0 Å². The summed E-state index contributed by atoms with van der Waals surface area (Å²) in [6.07, 6.45) is 7.42. The lowest BCUT2D eigenvalue weighted by molar-refractivity contribution is 0.107. The van der Waals surface area contributed by atoms with Gasteiger partial charge in [-0.1, -0.05) is 222 Å². The van der Waals surface area contributed by atoms with E-state index in [1.165, 1.54) is 22.3 Å². The average Bonchev–Trinajstić information content (AvgIpc) is 2.68. The van der Waals surface area contributed by atoms with E-state index in [1.54, 1.807) is 0 Å². The molecule has 1 aliphatic rings. The van der Waals surface area contributed by atoms with Crippen LogP contribution in [0.15, 0.2) is 257 Å². The third-order valence-electron chi connectivity index (χ3n) is 15.9. The summed E-state index contributed by atoms with van der Waals surface area (Å²) in [6, 6.07) is 82.2. The van der Waals surface area contributed by atoms with E-state index in [2.05, 4.69) is 280 Å². The second-order valence-electron chi connectivity index (χ2n) is 22.2. The third kappa shape index (κ3) is 13.8. The van der Waals surface area contributed by atoms with Gasteiger partial charge in [-0.25, -0.2) is 0 Å². The zero-order valence-corrected chi connectivity index (χ0v) is 48.8. The highest BCUT2D eigenvalue weighted by molar-refractivity contribution is 5.88. The van der Waals surface area contributed by atoms with Gasteiger partial charge in [0, 0.05) is 39.5 Å². The molecule has 11 rings (SSSR count). The molecule has 0 amide bonds. The van der Waals surface area contributed by atoms with Crippen LogP contribution in [0.25, 0.3) is 35.4 Å². The third-order valence-corrected chi connectivity index (χ3v) is 15.9. The number of rotatable bonds is 26. The van der Waals surface area contributed by atoms with Gasteiger partial charge in [0.25, 0.3) is 0 Å². The smallest absolute Gasteiger partial charge is 0.0721 e. The molecule has 10 aromatic carbocycles. The van der Waals surface area contributed by atoms with Crippen molar-refractivity contribution >= 4 is 58.4 Å². The Kier molecular flexibility index (Phi) is 18.2. The summed E-state index contributed by atoms with van der Waals surface area (Å²) >= 11 is 0. The predicted octanol–water partition coefficient (Wildman–Crippen LogP) is 20.4. The molecule has 0 aliphatic heterocycles. The van der Waals surface area contributed by atoms with Crippen LogP contribution < -0.4 is 9.80 Å². The van der Waals surface area contributed by atoms with E-state index >= 15 is 0 Å². The molecule has 6 nitrogen and oxygen atoms in total. The van der Waals surface area contributed by atoms with Crippen molar-refractivity contribution in [1.29, 1.82) is 0 Å². The van der Waals surface area contributed by atoms with Crippen LogP contribution >= 0.6 is 0 Å². The van der Waals surface area contributed by atoms with Crippen molar-refractivity contribution in [3.05, 3.63) is 335 Å². The zero-order chi connectivity index (χ0) is 58.5. The summed E-state index contributed by atoms with van der Waals surface area (Å²) in [5.74, 6) is 0. The highest BCUT2D eigenvalue weighted by Crippen LogP contribution is 2.52.